The van der Waals surface area contributed by atoms with Gasteiger partial charge in [0.15, 0.2) is 0 Å². The molecule has 0 N–H and O–H groups in total. The quantitative estimate of drug-likeness (QED) is 0.447. The van der Waals surface area contributed by atoms with Gasteiger partial charge in [-0.1, -0.05) is 6.42 Å². The van der Waals surface area contributed by atoms with Crippen LogP contribution in [-0.4, -0.2) is 41.1 Å². The molecule has 0 spiro atoms. The second-order valence-electron chi connectivity index (χ2n) is 3.97. The molecule has 1 aliphatic carbocycles. The molecule has 1 fully saturated rings. The summed E-state index contributed by atoms with van der Waals surface area (Å²) in [5.41, 5.74) is 0. The second kappa shape index (κ2) is 6.68. The fraction of sp³-hybridized carbons (Fsp3) is 0.800. The predicted octanol–water partition coefficient (Wildman–Crippen LogP) is 2.97. The molecule has 0 atom stereocenters. The molecule has 98 valence electrons. The van der Waals surface area contributed by atoms with E-state index < -0.39 is 12.3 Å². The van der Waals surface area contributed by atoms with Gasteiger partial charge in [-0.05, 0) is 25.7 Å². The first-order valence-corrected chi connectivity index (χ1v) is 6.29. The predicted molar refractivity (Wildman–Crippen MR) is 63.0 cm³/mol. The normalized spacial score (nSPS) is 16.4. The van der Waals surface area contributed by atoms with Gasteiger partial charge < -0.3 is 4.74 Å². The summed E-state index contributed by atoms with van der Waals surface area (Å²) >= 11 is 0.672. The van der Waals surface area contributed by atoms with E-state index in [1.54, 1.807) is 0 Å². The van der Waals surface area contributed by atoms with Crippen LogP contribution < -0.4 is 0 Å². The van der Waals surface area contributed by atoms with Crippen LogP contribution in [0.1, 0.15) is 32.1 Å². The van der Waals surface area contributed by atoms with Gasteiger partial charge in [-0.25, -0.2) is 18.2 Å². The zero-order valence-electron chi connectivity index (χ0n) is 10.0. The van der Waals surface area contributed by atoms with E-state index in [9.17, 15) is 14.0 Å². The van der Waals surface area contributed by atoms with E-state index >= 15 is 0 Å². The van der Waals surface area contributed by atoms with Gasteiger partial charge in [0.2, 0.25) is 0 Å². The van der Waals surface area contributed by atoms with Gasteiger partial charge in [0.05, 0.1) is 12.1 Å². The molecule has 1 aliphatic rings. The van der Waals surface area contributed by atoms with Crippen molar-refractivity contribution < 1.29 is 18.7 Å². The molecule has 1 rings (SSSR count). The highest BCUT2D eigenvalue weighted by Gasteiger charge is 2.22. The van der Waals surface area contributed by atoms with Gasteiger partial charge in [0.25, 0.3) is 0 Å². The first-order chi connectivity index (χ1) is 8.00. The summed E-state index contributed by atoms with van der Waals surface area (Å²) in [6.45, 7) is 0. The molecular formula is C10H17FN2O3S. The lowest BCUT2D eigenvalue weighted by Crippen LogP contribution is -2.31. The SMILES string of the molecule is CN(SN(C)C(=O)OC1CCCCC1)C(=O)F. The molecule has 17 heavy (non-hydrogen) atoms. The van der Waals surface area contributed by atoms with E-state index in [2.05, 4.69) is 0 Å². The molecule has 2 amide bonds. The standard InChI is InChI=1S/C10H17FN2O3S/c1-12(9(11)14)17-13(2)10(15)16-8-6-4-3-5-7-8/h8H,3-7H2,1-2H3. The van der Waals surface area contributed by atoms with Crippen LogP contribution in [0.5, 0.6) is 0 Å². The topological polar surface area (TPSA) is 49.9 Å². The smallest absolute Gasteiger partial charge is 0.421 e. The molecule has 0 aromatic heterocycles. The van der Waals surface area contributed by atoms with Gasteiger partial charge in [0, 0.05) is 14.1 Å². The maximum Gasteiger partial charge on any atom is 0.421 e. The van der Waals surface area contributed by atoms with Gasteiger partial charge in [-0.15, -0.1) is 4.39 Å². The minimum Gasteiger partial charge on any atom is -0.445 e. The number of hydrogen-bond acceptors (Lipinski definition) is 4. The highest BCUT2D eigenvalue weighted by molar-refractivity contribution is 7.95. The molecular weight excluding hydrogens is 247 g/mol. The second-order valence-corrected chi connectivity index (χ2v) is 5.23. The maximum atomic E-state index is 12.3. The Bertz CT molecular complexity index is 285. The van der Waals surface area contributed by atoms with Crippen molar-refractivity contribution in [1.29, 1.82) is 0 Å². The van der Waals surface area contributed by atoms with Gasteiger partial charge in [-0.3, -0.25) is 0 Å². The van der Waals surface area contributed by atoms with Crippen molar-refractivity contribution in [2.45, 2.75) is 38.2 Å². The first-order valence-electron chi connectivity index (χ1n) is 5.56. The first kappa shape index (κ1) is 14.1. The van der Waals surface area contributed by atoms with Gasteiger partial charge in [0.1, 0.15) is 6.10 Å². The molecule has 5 nitrogen and oxygen atoms in total. The summed E-state index contributed by atoms with van der Waals surface area (Å²) in [5.74, 6) is 0. The van der Waals surface area contributed by atoms with Crippen LogP contribution in [0, 0.1) is 0 Å². The van der Waals surface area contributed by atoms with Crippen molar-refractivity contribution >= 4 is 24.4 Å². The molecule has 0 aliphatic heterocycles. The van der Waals surface area contributed by atoms with Crippen LogP contribution in [-0.2, 0) is 4.74 Å². The monoisotopic (exact) mass is 264 g/mol. The van der Waals surface area contributed by atoms with E-state index in [-0.39, 0.29) is 6.10 Å². The van der Waals surface area contributed by atoms with Crippen LogP contribution in [0.4, 0.5) is 14.0 Å². The molecule has 0 radical (unpaired) electrons. The van der Waals surface area contributed by atoms with Crippen LogP contribution in [0.25, 0.3) is 0 Å². The summed E-state index contributed by atoms with van der Waals surface area (Å²) in [5, 5.41) is 0. The third-order valence-electron chi connectivity index (χ3n) is 2.57. The summed E-state index contributed by atoms with van der Waals surface area (Å²) in [6.07, 6.45) is 2.87. The average molecular weight is 264 g/mol. The highest BCUT2D eigenvalue weighted by Crippen LogP contribution is 2.22. The van der Waals surface area contributed by atoms with Gasteiger partial charge in [-0.2, -0.15) is 0 Å². The lowest BCUT2D eigenvalue weighted by Gasteiger charge is -2.25. The number of hydrogen-bond donors (Lipinski definition) is 0. The fourth-order valence-electron chi connectivity index (χ4n) is 1.65. The Morgan fingerprint density at radius 3 is 2.29 bits per heavy atom. The Kier molecular flexibility index (Phi) is 5.54. The van der Waals surface area contributed by atoms with Crippen molar-refractivity contribution in [3.8, 4) is 0 Å². The number of nitrogens with zero attached hydrogens (tertiary/aromatic N) is 2. The molecule has 0 aromatic rings. The Balaban J connectivity index is 2.33. The molecule has 0 saturated heterocycles. The van der Waals surface area contributed by atoms with Crippen molar-refractivity contribution in [3.63, 3.8) is 0 Å². The van der Waals surface area contributed by atoms with E-state index in [0.29, 0.717) is 12.1 Å². The summed E-state index contributed by atoms with van der Waals surface area (Å²) in [6, 6.07) is 0. The zero-order valence-corrected chi connectivity index (χ0v) is 10.8. The van der Waals surface area contributed by atoms with Gasteiger partial charge >= 0.3 is 12.3 Å². The van der Waals surface area contributed by atoms with Crippen molar-refractivity contribution in [2.75, 3.05) is 14.1 Å². The van der Waals surface area contributed by atoms with E-state index in [1.807, 2.05) is 0 Å². The molecule has 0 bridgehead atoms. The maximum absolute atomic E-state index is 12.3. The minimum absolute atomic E-state index is 0.0503. The zero-order chi connectivity index (χ0) is 12.8. The number of carbonyl (C=O) groups is 2. The van der Waals surface area contributed by atoms with E-state index in [0.717, 1.165) is 34.3 Å². The number of ether oxygens (including phenoxy) is 1. The highest BCUT2D eigenvalue weighted by atomic mass is 32.2. The third kappa shape index (κ3) is 4.80. The van der Waals surface area contributed by atoms with E-state index in [4.69, 9.17) is 4.74 Å². The number of carbonyl (C=O) groups excluding carboxylic acids is 2. The molecule has 0 aromatic carbocycles. The average Bonchev–Trinajstić information content (AvgIpc) is 2.29. The number of rotatable bonds is 3. The summed E-state index contributed by atoms with van der Waals surface area (Å²) in [4.78, 5) is 21.9. The fourth-order valence-corrected chi connectivity index (χ4v) is 2.19. The van der Waals surface area contributed by atoms with E-state index in [1.165, 1.54) is 20.5 Å². The van der Waals surface area contributed by atoms with Crippen molar-refractivity contribution in [3.05, 3.63) is 0 Å². The summed E-state index contributed by atoms with van der Waals surface area (Å²) in [7, 11) is 2.69. The van der Waals surface area contributed by atoms with Crippen molar-refractivity contribution in [1.82, 2.24) is 8.61 Å². The molecule has 7 heteroatoms. The summed E-state index contributed by atoms with van der Waals surface area (Å²) < 4.78 is 19.3. The number of amides is 2. The third-order valence-corrected chi connectivity index (χ3v) is 3.35. The number of halogens is 1. The lowest BCUT2D eigenvalue weighted by atomic mass is 9.98. The Morgan fingerprint density at radius 2 is 1.76 bits per heavy atom. The van der Waals surface area contributed by atoms with Crippen LogP contribution in [0.3, 0.4) is 0 Å². The Morgan fingerprint density at radius 1 is 1.18 bits per heavy atom. The Labute approximate surface area is 105 Å². The Hall–Kier alpha value is -0.980. The van der Waals surface area contributed by atoms with Crippen molar-refractivity contribution in [2.24, 2.45) is 0 Å². The molecule has 0 heterocycles. The van der Waals surface area contributed by atoms with Crippen LogP contribution in [0.2, 0.25) is 0 Å². The van der Waals surface area contributed by atoms with Crippen LogP contribution >= 0.6 is 12.1 Å². The van der Waals surface area contributed by atoms with Crippen LogP contribution in [0.15, 0.2) is 0 Å². The minimum atomic E-state index is -1.60. The lowest BCUT2D eigenvalue weighted by molar-refractivity contribution is 0.0653. The largest absolute Gasteiger partial charge is 0.445 e. The molecule has 0 unspecified atom stereocenters. The molecule has 1 saturated carbocycles.